The van der Waals surface area contributed by atoms with Gasteiger partial charge in [0.15, 0.2) is 0 Å². The van der Waals surface area contributed by atoms with E-state index in [1.165, 1.54) is 0 Å². The molecular formula is C11H16IN5O. The van der Waals surface area contributed by atoms with Crippen molar-refractivity contribution < 1.29 is 4.74 Å². The lowest BCUT2D eigenvalue weighted by Gasteiger charge is -2.27. The van der Waals surface area contributed by atoms with Crippen molar-refractivity contribution in [2.75, 3.05) is 31.2 Å². The summed E-state index contributed by atoms with van der Waals surface area (Å²) in [6.07, 6.45) is 2.05. The van der Waals surface area contributed by atoms with Crippen molar-refractivity contribution in [2.24, 2.45) is 0 Å². The van der Waals surface area contributed by atoms with Gasteiger partial charge in [-0.15, -0.1) is 40.8 Å². The van der Waals surface area contributed by atoms with Crippen LogP contribution < -0.4 is 4.90 Å². The summed E-state index contributed by atoms with van der Waals surface area (Å²) in [5.41, 5.74) is 0. The Hall–Kier alpha value is -1.14. The van der Waals surface area contributed by atoms with Crippen LogP contribution in [-0.2, 0) is 17.7 Å². The standard InChI is InChI=1S/C11H15N5O.HI/c1-2-5-16-10(3-4-12)13-14-11(16)15-6-8-17-9-7-15;/h2H,1,3,5-9H2;1H. The number of allylic oxidation sites excluding steroid dienone is 1. The number of anilines is 1. The Morgan fingerprint density at radius 3 is 2.72 bits per heavy atom. The molecule has 0 N–H and O–H groups in total. The highest BCUT2D eigenvalue weighted by atomic mass is 127. The average Bonchev–Trinajstić information content (AvgIpc) is 2.75. The molecule has 0 aromatic carbocycles. The molecule has 2 heterocycles. The number of hydrogen-bond donors (Lipinski definition) is 0. The number of morpholine rings is 1. The molecule has 0 atom stereocenters. The molecule has 0 unspecified atom stereocenters. The molecular weight excluding hydrogens is 345 g/mol. The highest BCUT2D eigenvalue weighted by molar-refractivity contribution is 14.0. The van der Waals surface area contributed by atoms with Crippen LogP contribution in [0, 0.1) is 11.3 Å². The number of nitrogens with zero attached hydrogens (tertiary/aromatic N) is 5. The fraction of sp³-hybridized carbons (Fsp3) is 0.545. The normalized spacial score (nSPS) is 14.7. The zero-order valence-electron chi connectivity index (χ0n) is 10.1. The van der Waals surface area contributed by atoms with E-state index in [9.17, 15) is 0 Å². The van der Waals surface area contributed by atoms with E-state index in [1.807, 2.05) is 4.57 Å². The van der Waals surface area contributed by atoms with Crippen molar-refractivity contribution >= 4 is 29.9 Å². The molecule has 98 valence electrons. The smallest absolute Gasteiger partial charge is 0.227 e. The second-order valence-electron chi connectivity index (χ2n) is 3.75. The maximum absolute atomic E-state index is 8.74. The Morgan fingerprint density at radius 2 is 2.11 bits per heavy atom. The highest BCUT2D eigenvalue weighted by Crippen LogP contribution is 2.15. The van der Waals surface area contributed by atoms with Crippen molar-refractivity contribution in [3.05, 3.63) is 18.5 Å². The predicted octanol–water partition coefficient (Wildman–Crippen LogP) is 0.985. The van der Waals surface area contributed by atoms with Gasteiger partial charge in [0.1, 0.15) is 5.82 Å². The third-order valence-electron chi connectivity index (χ3n) is 2.65. The quantitative estimate of drug-likeness (QED) is 0.591. The average molecular weight is 361 g/mol. The summed E-state index contributed by atoms with van der Waals surface area (Å²) in [7, 11) is 0. The molecule has 0 spiro atoms. The molecule has 0 amide bonds. The minimum Gasteiger partial charge on any atom is -0.378 e. The van der Waals surface area contributed by atoms with Gasteiger partial charge >= 0.3 is 0 Å². The summed E-state index contributed by atoms with van der Waals surface area (Å²) < 4.78 is 7.24. The number of rotatable bonds is 4. The Morgan fingerprint density at radius 1 is 1.39 bits per heavy atom. The first-order valence-electron chi connectivity index (χ1n) is 5.59. The number of ether oxygens (including phenoxy) is 1. The van der Waals surface area contributed by atoms with Gasteiger partial charge in [0.2, 0.25) is 5.95 Å². The molecule has 0 bridgehead atoms. The van der Waals surface area contributed by atoms with Crippen molar-refractivity contribution in [1.82, 2.24) is 14.8 Å². The molecule has 2 rings (SSSR count). The summed E-state index contributed by atoms with van der Waals surface area (Å²) in [5, 5.41) is 17.0. The van der Waals surface area contributed by atoms with Crippen LogP contribution in [-0.4, -0.2) is 41.1 Å². The molecule has 18 heavy (non-hydrogen) atoms. The molecule has 1 aromatic heterocycles. The molecule has 0 radical (unpaired) electrons. The van der Waals surface area contributed by atoms with Crippen LogP contribution >= 0.6 is 24.0 Å². The third-order valence-corrected chi connectivity index (χ3v) is 2.65. The van der Waals surface area contributed by atoms with E-state index in [-0.39, 0.29) is 30.4 Å². The van der Waals surface area contributed by atoms with Crippen LogP contribution in [0.1, 0.15) is 5.82 Å². The minimum absolute atomic E-state index is 0. The van der Waals surface area contributed by atoms with Crippen molar-refractivity contribution in [1.29, 1.82) is 5.26 Å². The largest absolute Gasteiger partial charge is 0.378 e. The lowest BCUT2D eigenvalue weighted by atomic mass is 10.4. The van der Waals surface area contributed by atoms with Gasteiger partial charge in [0, 0.05) is 19.6 Å². The highest BCUT2D eigenvalue weighted by Gasteiger charge is 2.19. The van der Waals surface area contributed by atoms with Crippen LogP contribution in [0.15, 0.2) is 12.7 Å². The lowest BCUT2D eigenvalue weighted by molar-refractivity contribution is 0.121. The van der Waals surface area contributed by atoms with Gasteiger partial charge in [-0.25, -0.2) is 0 Å². The van der Waals surface area contributed by atoms with E-state index >= 15 is 0 Å². The minimum atomic E-state index is 0. The van der Waals surface area contributed by atoms with Crippen LogP contribution in [0.3, 0.4) is 0 Å². The van der Waals surface area contributed by atoms with Crippen molar-refractivity contribution in [3.8, 4) is 6.07 Å². The Balaban J connectivity index is 0.00000162. The molecule has 0 aliphatic carbocycles. The zero-order valence-corrected chi connectivity index (χ0v) is 12.4. The van der Waals surface area contributed by atoms with Gasteiger partial charge in [-0.05, 0) is 0 Å². The molecule has 1 aromatic rings. The molecule has 7 heteroatoms. The lowest BCUT2D eigenvalue weighted by Crippen LogP contribution is -2.38. The third kappa shape index (κ3) is 3.20. The Labute approximate surface area is 123 Å². The fourth-order valence-electron chi connectivity index (χ4n) is 1.84. The van der Waals surface area contributed by atoms with E-state index in [1.54, 1.807) is 6.08 Å². The predicted molar refractivity (Wildman–Crippen MR) is 78.0 cm³/mol. The van der Waals surface area contributed by atoms with E-state index in [0.29, 0.717) is 25.6 Å². The fourth-order valence-corrected chi connectivity index (χ4v) is 1.84. The molecule has 1 aliphatic heterocycles. The van der Waals surface area contributed by atoms with E-state index in [0.717, 1.165) is 19.0 Å². The van der Waals surface area contributed by atoms with Crippen LogP contribution in [0.2, 0.25) is 0 Å². The van der Waals surface area contributed by atoms with E-state index < -0.39 is 0 Å². The second-order valence-corrected chi connectivity index (χ2v) is 3.75. The Bertz CT molecular complexity index is 433. The first kappa shape index (κ1) is 14.9. The maximum atomic E-state index is 8.74. The summed E-state index contributed by atoms with van der Waals surface area (Å²) in [4.78, 5) is 2.13. The first-order valence-corrected chi connectivity index (χ1v) is 5.59. The Kier molecular flexibility index (Phi) is 6.07. The van der Waals surface area contributed by atoms with Gasteiger partial charge in [-0.3, -0.25) is 4.57 Å². The van der Waals surface area contributed by atoms with Crippen LogP contribution in [0.25, 0.3) is 0 Å². The first-order chi connectivity index (χ1) is 8.36. The molecule has 0 saturated carbocycles. The summed E-state index contributed by atoms with van der Waals surface area (Å²) in [6, 6.07) is 2.10. The van der Waals surface area contributed by atoms with E-state index in [4.69, 9.17) is 10.00 Å². The number of hydrogen-bond acceptors (Lipinski definition) is 5. The molecule has 1 aliphatic rings. The van der Waals surface area contributed by atoms with Crippen molar-refractivity contribution in [2.45, 2.75) is 13.0 Å². The van der Waals surface area contributed by atoms with Crippen LogP contribution in [0.4, 0.5) is 5.95 Å². The number of aromatic nitrogens is 3. The summed E-state index contributed by atoms with van der Waals surface area (Å²) in [6.45, 7) is 7.36. The van der Waals surface area contributed by atoms with Gasteiger partial charge in [0.25, 0.3) is 0 Å². The maximum Gasteiger partial charge on any atom is 0.227 e. The summed E-state index contributed by atoms with van der Waals surface area (Å²) in [5.74, 6) is 1.49. The van der Waals surface area contributed by atoms with E-state index in [2.05, 4.69) is 27.7 Å². The molecule has 1 fully saturated rings. The van der Waals surface area contributed by atoms with Gasteiger partial charge in [-0.1, -0.05) is 6.08 Å². The molecule has 1 saturated heterocycles. The zero-order chi connectivity index (χ0) is 12.1. The molecule has 6 nitrogen and oxygen atoms in total. The second kappa shape index (κ2) is 7.33. The van der Waals surface area contributed by atoms with Gasteiger partial charge < -0.3 is 9.64 Å². The van der Waals surface area contributed by atoms with Gasteiger partial charge in [-0.2, -0.15) is 5.26 Å². The topological polar surface area (TPSA) is 67.0 Å². The SMILES string of the molecule is C=CCn1c(CC#N)nnc1N1CCOCC1.I. The van der Waals surface area contributed by atoms with Crippen LogP contribution in [0.5, 0.6) is 0 Å². The number of nitriles is 1. The summed E-state index contributed by atoms with van der Waals surface area (Å²) >= 11 is 0. The monoisotopic (exact) mass is 361 g/mol. The van der Waals surface area contributed by atoms with Crippen molar-refractivity contribution in [3.63, 3.8) is 0 Å². The number of halogens is 1. The van der Waals surface area contributed by atoms with Gasteiger partial charge in [0.05, 0.1) is 25.7 Å².